The second-order valence-corrected chi connectivity index (χ2v) is 8.52. The van der Waals surface area contributed by atoms with Crippen molar-refractivity contribution in [2.24, 2.45) is 4.99 Å². The van der Waals surface area contributed by atoms with Crippen molar-refractivity contribution in [1.29, 1.82) is 0 Å². The fourth-order valence-electron chi connectivity index (χ4n) is 4.00. The van der Waals surface area contributed by atoms with E-state index in [1.807, 2.05) is 18.4 Å². The molecule has 0 aromatic carbocycles. The molecule has 1 saturated heterocycles. The van der Waals surface area contributed by atoms with Gasteiger partial charge in [-0.25, -0.2) is 0 Å². The maximum absolute atomic E-state index is 6.07. The van der Waals surface area contributed by atoms with Gasteiger partial charge in [0.15, 0.2) is 5.96 Å². The van der Waals surface area contributed by atoms with Gasteiger partial charge in [-0.2, -0.15) is 0 Å². The largest absolute Gasteiger partial charge is 0.379 e. The molecule has 1 aromatic heterocycles. The minimum absolute atomic E-state index is 0.352. The molecule has 2 heterocycles. The number of hydrogen-bond acceptors (Lipinski definition) is 5. The first-order valence-electron chi connectivity index (χ1n) is 10.8. The molecule has 1 aliphatic heterocycles. The fraction of sp³-hybridized carbons (Fsp3) is 0.762. The molecule has 1 aromatic rings. The molecule has 0 amide bonds. The smallest absolute Gasteiger partial charge is 0.191 e. The van der Waals surface area contributed by atoms with E-state index >= 15 is 0 Å². The van der Waals surface area contributed by atoms with Gasteiger partial charge in [0.1, 0.15) is 0 Å². The Morgan fingerprint density at radius 1 is 1.25 bits per heavy atom. The van der Waals surface area contributed by atoms with Crippen molar-refractivity contribution < 1.29 is 9.47 Å². The lowest BCUT2D eigenvalue weighted by Crippen LogP contribution is -2.46. The Labute approximate surface area is 173 Å². The highest BCUT2D eigenvalue weighted by Crippen LogP contribution is 2.25. The van der Waals surface area contributed by atoms with E-state index in [-0.39, 0.29) is 0 Å². The first-order valence-corrected chi connectivity index (χ1v) is 11.7. The maximum atomic E-state index is 6.07. The Morgan fingerprint density at radius 3 is 2.71 bits per heavy atom. The molecule has 2 fully saturated rings. The summed E-state index contributed by atoms with van der Waals surface area (Å²) in [5.41, 5.74) is 0. The Hall–Kier alpha value is -1.15. The van der Waals surface area contributed by atoms with Crippen LogP contribution in [0.4, 0.5) is 0 Å². The Balaban J connectivity index is 1.41. The highest BCUT2D eigenvalue weighted by atomic mass is 32.1. The Morgan fingerprint density at radius 2 is 2.04 bits per heavy atom. The quantitative estimate of drug-likeness (QED) is 0.300. The third-order valence-corrected chi connectivity index (χ3v) is 6.57. The van der Waals surface area contributed by atoms with Crippen molar-refractivity contribution in [1.82, 2.24) is 15.5 Å². The van der Waals surface area contributed by atoms with Crippen molar-refractivity contribution in [2.45, 2.75) is 50.7 Å². The van der Waals surface area contributed by atoms with E-state index in [4.69, 9.17) is 9.47 Å². The van der Waals surface area contributed by atoms with Crippen LogP contribution in [0.25, 0.3) is 0 Å². The highest BCUT2D eigenvalue weighted by molar-refractivity contribution is 7.10. The summed E-state index contributed by atoms with van der Waals surface area (Å²) >= 11 is 1.82. The second kappa shape index (κ2) is 12.4. The molecular formula is C21H36N4O2S. The SMILES string of the molecule is CN=C(NCCOC1CCCCCC1)NCC(c1cccs1)N1CCOCC1. The standard InChI is InChI=1S/C21H36N4O2S/c1-22-21(23-10-13-27-18-7-4-2-3-5-8-18)24-17-19(20-9-6-16-28-20)25-11-14-26-15-12-25/h6,9,16,18-19H,2-5,7-8,10-15,17H2,1H3,(H2,22,23,24). The maximum Gasteiger partial charge on any atom is 0.191 e. The van der Waals surface area contributed by atoms with Crippen molar-refractivity contribution >= 4 is 17.3 Å². The zero-order valence-electron chi connectivity index (χ0n) is 17.2. The van der Waals surface area contributed by atoms with Crippen LogP contribution in [0.5, 0.6) is 0 Å². The van der Waals surface area contributed by atoms with E-state index in [2.05, 4.69) is 38.0 Å². The average molecular weight is 409 g/mol. The van der Waals surface area contributed by atoms with E-state index in [1.54, 1.807) is 0 Å². The number of nitrogens with one attached hydrogen (secondary N) is 2. The van der Waals surface area contributed by atoms with Gasteiger partial charge in [-0.15, -0.1) is 11.3 Å². The van der Waals surface area contributed by atoms with Crippen LogP contribution in [0.2, 0.25) is 0 Å². The molecule has 0 spiro atoms. The molecule has 158 valence electrons. The van der Waals surface area contributed by atoms with Crippen molar-refractivity contribution in [3.8, 4) is 0 Å². The summed E-state index contributed by atoms with van der Waals surface area (Å²) < 4.78 is 11.6. The molecule has 2 aliphatic rings. The molecule has 1 saturated carbocycles. The summed E-state index contributed by atoms with van der Waals surface area (Å²) in [7, 11) is 1.83. The number of ether oxygens (including phenoxy) is 2. The number of thiophene rings is 1. The van der Waals surface area contributed by atoms with Gasteiger partial charge in [-0.1, -0.05) is 31.7 Å². The molecule has 0 bridgehead atoms. The van der Waals surface area contributed by atoms with E-state index in [0.717, 1.165) is 52.0 Å². The molecule has 7 heteroatoms. The van der Waals surface area contributed by atoms with Gasteiger partial charge in [0, 0.05) is 38.1 Å². The number of nitrogens with zero attached hydrogens (tertiary/aromatic N) is 2. The zero-order valence-corrected chi connectivity index (χ0v) is 18.0. The number of rotatable bonds is 8. The third kappa shape index (κ3) is 7.03. The van der Waals surface area contributed by atoms with Crippen LogP contribution < -0.4 is 10.6 Å². The minimum atomic E-state index is 0.352. The van der Waals surface area contributed by atoms with E-state index < -0.39 is 0 Å². The van der Waals surface area contributed by atoms with Gasteiger partial charge in [-0.05, 0) is 24.3 Å². The molecule has 0 radical (unpaired) electrons. The van der Waals surface area contributed by atoms with Crippen LogP contribution in [0.1, 0.15) is 49.4 Å². The van der Waals surface area contributed by atoms with Gasteiger partial charge in [0.2, 0.25) is 0 Å². The molecule has 1 atom stereocenters. The van der Waals surface area contributed by atoms with Crippen LogP contribution in [0.15, 0.2) is 22.5 Å². The van der Waals surface area contributed by atoms with Crippen LogP contribution >= 0.6 is 11.3 Å². The average Bonchev–Trinajstić information content (AvgIpc) is 3.14. The lowest BCUT2D eigenvalue weighted by atomic mass is 10.1. The predicted octanol–water partition coefficient (Wildman–Crippen LogP) is 3.03. The molecule has 3 rings (SSSR count). The van der Waals surface area contributed by atoms with Gasteiger partial charge < -0.3 is 20.1 Å². The normalized spacial score (nSPS) is 21.2. The molecule has 1 unspecified atom stereocenters. The third-order valence-electron chi connectivity index (χ3n) is 5.59. The van der Waals surface area contributed by atoms with Crippen LogP contribution in [-0.2, 0) is 9.47 Å². The topological polar surface area (TPSA) is 58.1 Å². The molecule has 2 N–H and O–H groups in total. The molecule has 6 nitrogen and oxygen atoms in total. The number of morpholine rings is 1. The van der Waals surface area contributed by atoms with E-state index in [0.29, 0.717) is 12.1 Å². The first-order chi connectivity index (χ1) is 13.9. The summed E-state index contributed by atoms with van der Waals surface area (Å²) in [4.78, 5) is 8.28. The number of aliphatic imine (C=N–C) groups is 1. The molecular weight excluding hydrogens is 372 g/mol. The lowest BCUT2D eigenvalue weighted by Gasteiger charge is -2.34. The van der Waals surface area contributed by atoms with Gasteiger partial charge in [-0.3, -0.25) is 9.89 Å². The summed E-state index contributed by atoms with van der Waals surface area (Å²) in [6.07, 6.45) is 8.24. The predicted molar refractivity (Wildman–Crippen MR) is 116 cm³/mol. The van der Waals surface area contributed by atoms with Crippen molar-refractivity contribution in [2.75, 3.05) is 53.0 Å². The first kappa shape index (κ1) is 21.6. The van der Waals surface area contributed by atoms with E-state index in [9.17, 15) is 0 Å². The summed E-state index contributed by atoms with van der Waals surface area (Å²) in [6.45, 7) is 5.95. The summed E-state index contributed by atoms with van der Waals surface area (Å²) in [5, 5.41) is 9.07. The molecule has 28 heavy (non-hydrogen) atoms. The van der Waals surface area contributed by atoms with Crippen LogP contribution in [-0.4, -0.2) is 70.0 Å². The number of guanidine groups is 1. The van der Waals surface area contributed by atoms with E-state index in [1.165, 1.54) is 43.4 Å². The summed E-state index contributed by atoms with van der Waals surface area (Å²) in [6, 6.07) is 4.71. The summed E-state index contributed by atoms with van der Waals surface area (Å²) in [5.74, 6) is 0.847. The Kier molecular flexibility index (Phi) is 9.56. The molecule has 1 aliphatic carbocycles. The lowest BCUT2D eigenvalue weighted by molar-refractivity contribution is 0.0176. The van der Waals surface area contributed by atoms with Gasteiger partial charge >= 0.3 is 0 Å². The van der Waals surface area contributed by atoms with Gasteiger partial charge in [0.05, 0.1) is 32.0 Å². The van der Waals surface area contributed by atoms with Crippen LogP contribution in [0.3, 0.4) is 0 Å². The Bertz CT molecular complexity index is 553. The van der Waals surface area contributed by atoms with Crippen LogP contribution in [0, 0.1) is 0 Å². The second-order valence-electron chi connectivity index (χ2n) is 7.54. The fourth-order valence-corrected chi connectivity index (χ4v) is 4.86. The monoisotopic (exact) mass is 408 g/mol. The van der Waals surface area contributed by atoms with Crippen molar-refractivity contribution in [3.05, 3.63) is 22.4 Å². The van der Waals surface area contributed by atoms with Crippen molar-refractivity contribution in [3.63, 3.8) is 0 Å². The zero-order chi connectivity index (χ0) is 19.4. The minimum Gasteiger partial charge on any atom is -0.379 e. The van der Waals surface area contributed by atoms with Gasteiger partial charge in [0.25, 0.3) is 0 Å². The highest BCUT2D eigenvalue weighted by Gasteiger charge is 2.23. The number of hydrogen-bond donors (Lipinski definition) is 2.